The van der Waals surface area contributed by atoms with Crippen molar-refractivity contribution in [3.8, 4) is 17.2 Å². The van der Waals surface area contributed by atoms with Gasteiger partial charge in [0.2, 0.25) is 5.75 Å². The van der Waals surface area contributed by atoms with E-state index in [1.165, 1.54) is 20.3 Å². The van der Waals surface area contributed by atoms with Crippen molar-refractivity contribution in [1.29, 1.82) is 0 Å². The van der Waals surface area contributed by atoms with Gasteiger partial charge < -0.3 is 19.2 Å². The lowest BCUT2D eigenvalue weighted by molar-refractivity contribution is -0.383. The van der Waals surface area contributed by atoms with Crippen molar-refractivity contribution in [3.63, 3.8) is 0 Å². The van der Waals surface area contributed by atoms with Gasteiger partial charge in [-0.1, -0.05) is 6.07 Å². The first-order valence-electron chi connectivity index (χ1n) is 7.80. The summed E-state index contributed by atoms with van der Waals surface area (Å²) in [6.45, 7) is 0. The molecule has 2 aromatic carbocycles. The average Bonchev–Trinajstić information content (AvgIpc) is 3.02. The van der Waals surface area contributed by atoms with E-state index in [-0.39, 0.29) is 23.8 Å². The number of hydrogen-bond donors (Lipinski definition) is 1. The number of nitrogens with one attached hydrogen (secondary N) is 1. The highest BCUT2D eigenvalue weighted by atomic mass is 79.9. The summed E-state index contributed by atoms with van der Waals surface area (Å²) in [7, 11) is 2.76. The first kappa shape index (κ1) is 18.7. The molecule has 1 heterocycles. The van der Waals surface area contributed by atoms with E-state index in [0.29, 0.717) is 32.6 Å². The highest BCUT2D eigenvalue weighted by Gasteiger charge is 2.23. The molecule has 9 heteroatoms. The number of fused-ring (bicyclic) bond motifs is 1. The van der Waals surface area contributed by atoms with E-state index in [9.17, 15) is 14.9 Å². The van der Waals surface area contributed by atoms with Gasteiger partial charge in [0.1, 0.15) is 0 Å². The van der Waals surface area contributed by atoms with Crippen molar-refractivity contribution >= 4 is 38.5 Å². The number of hydrogen-bond acceptors (Lipinski definition) is 6. The average molecular weight is 435 g/mol. The Kier molecular flexibility index (Phi) is 5.31. The van der Waals surface area contributed by atoms with Crippen LogP contribution < -0.4 is 9.47 Å². The molecular weight excluding hydrogens is 420 g/mol. The molecule has 0 aliphatic rings. The highest BCUT2D eigenvalue weighted by molar-refractivity contribution is 9.10. The monoisotopic (exact) mass is 434 g/mol. The molecule has 3 aromatic rings. The van der Waals surface area contributed by atoms with Crippen LogP contribution in [0.1, 0.15) is 5.56 Å². The minimum atomic E-state index is -0.490. The zero-order valence-corrected chi connectivity index (χ0v) is 16.0. The molecule has 0 saturated heterocycles. The number of esters is 1. The second-order valence-corrected chi connectivity index (χ2v) is 6.44. The Labute approximate surface area is 162 Å². The van der Waals surface area contributed by atoms with Gasteiger partial charge in [0.15, 0.2) is 11.5 Å². The topological polar surface area (TPSA) is 104 Å². The van der Waals surface area contributed by atoms with E-state index in [1.807, 2.05) is 0 Å². The Balaban J connectivity index is 2.00. The minimum absolute atomic E-state index is 0.0800. The van der Waals surface area contributed by atoms with Crippen LogP contribution in [0.5, 0.6) is 17.2 Å². The highest BCUT2D eigenvalue weighted by Crippen LogP contribution is 2.41. The van der Waals surface area contributed by atoms with Gasteiger partial charge >= 0.3 is 11.7 Å². The molecule has 0 amide bonds. The van der Waals surface area contributed by atoms with Crippen molar-refractivity contribution < 1.29 is 23.9 Å². The second-order valence-electron chi connectivity index (χ2n) is 5.59. The van der Waals surface area contributed by atoms with Crippen LogP contribution in [0.15, 0.2) is 41.0 Å². The maximum absolute atomic E-state index is 11.6. The maximum atomic E-state index is 11.6. The zero-order valence-electron chi connectivity index (χ0n) is 14.4. The van der Waals surface area contributed by atoms with Gasteiger partial charge in [-0.15, -0.1) is 0 Å². The normalized spacial score (nSPS) is 10.6. The van der Waals surface area contributed by atoms with Crippen LogP contribution in [0, 0.1) is 10.1 Å². The molecule has 1 N–H and O–H groups in total. The van der Waals surface area contributed by atoms with Gasteiger partial charge in [-0.05, 0) is 51.8 Å². The van der Waals surface area contributed by atoms with Gasteiger partial charge in [-0.2, -0.15) is 0 Å². The number of aromatic amines is 1. The Morgan fingerprint density at radius 1 is 1.15 bits per heavy atom. The quantitative estimate of drug-likeness (QED) is 0.351. The number of carbonyl (C=O) groups is 1. The molecule has 0 unspecified atom stereocenters. The lowest BCUT2D eigenvalue weighted by atomic mass is 10.1. The number of nitro groups is 1. The van der Waals surface area contributed by atoms with Gasteiger partial charge in [0.25, 0.3) is 0 Å². The van der Waals surface area contributed by atoms with Crippen LogP contribution >= 0.6 is 15.9 Å². The molecule has 140 valence electrons. The predicted octanol–water partition coefficient (Wildman–Crippen LogP) is 4.36. The van der Waals surface area contributed by atoms with Gasteiger partial charge in [0, 0.05) is 0 Å². The van der Waals surface area contributed by atoms with Crippen LogP contribution in [0.25, 0.3) is 10.9 Å². The largest absolute Gasteiger partial charge is 0.493 e. The van der Waals surface area contributed by atoms with Crippen molar-refractivity contribution in [1.82, 2.24) is 4.98 Å². The van der Waals surface area contributed by atoms with E-state index in [4.69, 9.17) is 9.47 Å². The summed E-state index contributed by atoms with van der Waals surface area (Å²) in [6.07, 6.45) is 0.0800. The number of benzene rings is 2. The summed E-state index contributed by atoms with van der Waals surface area (Å²) in [5.74, 6) is 0.340. The number of carbonyl (C=O) groups excluding carboxylic acids is 1. The zero-order chi connectivity index (χ0) is 19.6. The number of ether oxygens (including phenoxy) is 3. The molecule has 0 radical (unpaired) electrons. The predicted molar refractivity (Wildman–Crippen MR) is 101 cm³/mol. The third-order valence-corrected chi connectivity index (χ3v) is 4.34. The molecule has 27 heavy (non-hydrogen) atoms. The third kappa shape index (κ3) is 3.87. The van der Waals surface area contributed by atoms with Crippen molar-refractivity contribution in [3.05, 3.63) is 56.7 Å². The van der Waals surface area contributed by atoms with E-state index in [0.717, 1.165) is 0 Å². The standard InChI is InChI=1S/C18H15BrN2O6/c1-25-15-7-10(8-17(22)26-2)3-5-13(15)27-14-6-4-12-11(9-16(19)20-12)18(14)21(23)24/h3-7,9,20H,8H2,1-2H3. The van der Waals surface area contributed by atoms with Crippen LogP contribution in [-0.2, 0) is 16.0 Å². The van der Waals surface area contributed by atoms with Gasteiger partial charge in [0.05, 0.1) is 41.1 Å². The van der Waals surface area contributed by atoms with Gasteiger partial charge in [-0.25, -0.2) is 0 Å². The van der Waals surface area contributed by atoms with E-state index in [1.54, 1.807) is 30.3 Å². The molecule has 3 rings (SSSR count). The number of nitro benzene ring substituents is 1. The lowest BCUT2D eigenvalue weighted by Crippen LogP contribution is -2.04. The molecule has 0 bridgehead atoms. The number of rotatable bonds is 6. The summed E-state index contributed by atoms with van der Waals surface area (Å²) in [5.41, 5.74) is 1.13. The molecule has 0 saturated carbocycles. The number of nitrogens with zero attached hydrogens (tertiary/aromatic N) is 1. The lowest BCUT2D eigenvalue weighted by Gasteiger charge is -2.12. The number of halogens is 1. The summed E-state index contributed by atoms with van der Waals surface area (Å²) >= 11 is 3.28. The third-order valence-electron chi connectivity index (χ3n) is 3.91. The summed E-state index contributed by atoms with van der Waals surface area (Å²) in [6, 6.07) is 9.73. The molecule has 1 aromatic heterocycles. The Hall–Kier alpha value is -3.07. The van der Waals surface area contributed by atoms with Crippen LogP contribution in [0.2, 0.25) is 0 Å². The number of aromatic nitrogens is 1. The smallest absolute Gasteiger partial charge is 0.320 e. The van der Waals surface area contributed by atoms with E-state index >= 15 is 0 Å². The first-order chi connectivity index (χ1) is 12.9. The van der Waals surface area contributed by atoms with Crippen molar-refractivity contribution in [2.75, 3.05) is 14.2 Å². The van der Waals surface area contributed by atoms with Crippen molar-refractivity contribution in [2.24, 2.45) is 0 Å². The molecule has 0 aliphatic heterocycles. The SMILES string of the molecule is COC(=O)Cc1ccc(Oc2ccc3[nH]c(Br)cc3c2[N+](=O)[O-])c(OC)c1. The summed E-state index contributed by atoms with van der Waals surface area (Å²) in [5, 5.41) is 12.0. The van der Waals surface area contributed by atoms with E-state index < -0.39 is 4.92 Å². The number of H-pyrrole nitrogens is 1. The first-order valence-corrected chi connectivity index (χ1v) is 8.59. The fourth-order valence-corrected chi connectivity index (χ4v) is 3.11. The van der Waals surface area contributed by atoms with Crippen LogP contribution in [0.4, 0.5) is 5.69 Å². The second kappa shape index (κ2) is 7.67. The fraction of sp³-hybridized carbons (Fsp3) is 0.167. The molecule has 0 atom stereocenters. The summed E-state index contributed by atoms with van der Waals surface area (Å²) in [4.78, 5) is 25.5. The van der Waals surface area contributed by atoms with E-state index in [2.05, 4.69) is 25.7 Å². The Morgan fingerprint density at radius 2 is 1.89 bits per heavy atom. The molecule has 8 nitrogen and oxygen atoms in total. The maximum Gasteiger partial charge on any atom is 0.320 e. The summed E-state index contributed by atoms with van der Waals surface area (Å²) < 4.78 is 16.4. The molecule has 0 fully saturated rings. The molecular formula is C18H15BrN2O6. The number of methoxy groups -OCH3 is 2. The van der Waals surface area contributed by atoms with Crippen molar-refractivity contribution in [2.45, 2.75) is 6.42 Å². The van der Waals surface area contributed by atoms with Gasteiger partial charge in [-0.3, -0.25) is 14.9 Å². The fourth-order valence-electron chi connectivity index (χ4n) is 2.67. The Bertz CT molecular complexity index is 1030. The van der Waals surface area contributed by atoms with Crippen LogP contribution in [-0.4, -0.2) is 30.1 Å². The molecule has 0 spiro atoms. The Morgan fingerprint density at radius 3 is 2.56 bits per heavy atom. The molecule has 0 aliphatic carbocycles. The minimum Gasteiger partial charge on any atom is -0.493 e. The van der Waals surface area contributed by atoms with Crippen LogP contribution in [0.3, 0.4) is 0 Å².